The number of nitrogens with one attached hydrogen (secondary N) is 1. The van der Waals surface area contributed by atoms with Crippen LogP contribution in [-0.2, 0) is 4.79 Å². The highest BCUT2D eigenvalue weighted by Crippen LogP contribution is 2.25. The summed E-state index contributed by atoms with van der Waals surface area (Å²) < 4.78 is 6.90. The Morgan fingerprint density at radius 2 is 1.67 bits per heavy atom. The van der Waals surface area contributed by atoms with Crippen LogP contribution in [0.2, 0.25) is 0 Å². The number of furan rings is 1. The number of nitrogens with zero attached hydrogens (tertiary/aromatic N) is 1. The lowest BCUT2D eigenvalue weighted by molar-refractivity contribution is -0.119. The number of carbonyl (C=O) groups excluding carboxylic acids is 2. The van der Waals surface area contributed by atoms with Crippen LogP contribution < -0.4 is 5.32 Å². The van der Waals surface area contributed by atoms with Crippen molar-refractivity contribution in [3.63, 3.8) is 0 Å². The van der Waals surface area contributed by atoms with Gasteiger partial charge in [0.1, 0.15) is 17.2 Å². The Balaban J connectivity index is 1.94. The lowest BCUT2D eigenvalue weighted by Gasteiger charge is -2.21. The van der Waals surface area contributed by atoms with Crippen molar-refractivity contribution in [3.05, 3.63) is 88.2 Å². The minimum Gasteiger partial charge on any atom is -0.457 e. The van der Waals surface area contributed by atoms with Crippen LogP contribution >= 0.6 is 15.9 Å². The third-order valence-corrected chi connectivity index (χ3v) is 4.90. The molecule has 1 aromatic heterocycles. The van der Waals surface area contributed by atoms with Crippen LogP contribution in [0.5, 0.6) is 0 Å². The van der Waals surface area contributed by atoms with Crippen LogP contribution in [0, 0.1) is 0 Å². The van der Waals surface area contributed by atoms with E-state index in [1.807, 2.05) is 50.2 Å². The molecule has 0 radical (unpaired) electrons. The van der Waals surface area contributed by atoms with E-state index in [-0.39, 0.29) is 23.6 Å². The van der Waals surface area contributed by atoms with Crippen molar-refractivity contribution in [2.24, 2.45) is 0 Å². The molecule has 2 amide bonds. The maximum absolute atomic E-state index is 12.9. The molecule has 6 heteroatoms. The fourth-order valence-corrected chi connectivity index (χ4v) is 3.13. The van der Waals surface area contributed by atoms with E-state index >= 15 is 0 Å². The van der Waals surface area contributed by atoms with E-state index in [1.165, 1.54) is 4.90 Å². The van der Waals surface area contributed by atoms with Gasteiger partial charge in [0, 0.05) is 34.8 Å². The Morgan fingerprint density at radius 3 is 2.30 bits per heavy atom. The molecule has 0 spiro atoms. The van der Waals surface area contributed by atoms with Crippen molar-refractivity contribution in [1.82, 2.24) is 10.2 Å². The van der Waals surface area contributed by atoms with Crippen LogP contribution in [0.15, 0.2) is 81.3 Å². The van der Waals surface area contributed by atoms with Gasteiger partial charge in [-0.3, -0.25) is 9.59 Å². The summed E-state index contributed by atoms with van der Waals surface area (Å²) in [6.07, 6.45) is 1.58. The van der Waals surface area contributed by atoms with E-state index in [0.29, 0.717) is 17.1 Å². The molecule has 2 aromatic carbocycles. The summed E-state index contributed by atoms with van der Waals surface area (Å²) in [5.74, 6) is 0.530. The van der Waals surface area contributed by atoms with E-state index in [0.717, 1.165) is 10.0 Å². The summed E-state index contributed by atoms with van der Waals surface area (Å²) in [5, 5.41) is 2.85. The molecule has 0 unspecified atom stereocenters. The number of halogens is 1. The second kappa shape index (κ2) is 9.59. The van der Waals surface area contributed by atoms with Gasteiger partial charge < -0.3 is 14.6 Å². The molecule has 0 fully saturated rings. The Bertz CT molecular complexity index is 1050. The van der Waals surface area contributed by atoms with E-state index in [1.54, 1.807) is 43.5 Å². The first kappa shape index (κ1) is 21.6. The first-order valence-electron chi connectivity index (χ1n) is 9.56. The standard InChI is InChI=1S/C24H23BrN2O3/c1-16(2)26-23(28)21(27(3)24(29)18-7-5-4-6-8-18)15-20-13-14-22(30-20)17-9-11-19(25)12-10-17/h4-16H,1-3H3,(H,26,28). The minimum absolute atomic E-state index is 0.0731. The molecular formula is C24H23BrN2O3. The van der Waals surface area contributed by atoms with Crippen molar-refractivity contribution < 1.29 is 14.0 Å². The van der Waals surface area contributed by atoms with Crippen LogP contribution in [0.25, 0.3) is 17.4 Å². The van der Waals surface area contributed by atoms with Crippen molar-refractivity contribution >= 4 is 33.8 Å². The number of amides is 2. The second-order valence-corrected chi connectivity index (χ2v) is 8.01. The zero-order valence-corrected chi connectivity index (χ0v) is 18.6. The third kappa shape index (κ3) is 5.27. The molecule has 1 N–H and O–H groups in total. The molecule has 0 atom stereocenters. The Hall–Kier alpha value is -3.12. The number of benzene rings is 2. The average Bonchev–Trinajstić information content (AvgIpc) is 3.20. The van der Waals surface area contributed by atoms with Crippen molar-refractivity contribution in [2.75, 3.05) is 7.05 Å². The molecule has 0 aliphatic carbocycles. The number of rotatable bonds is 6. The van der Waals surface area contributed by atoms with Crippen LogP contribution in [-0.4, -0.2) is 29.8 Å². The molecule has 154 valence electrons. The third-order valence-electron chi connectivity index (χ3n) is 4.37. The van der Waals surface area contributed by atoms with Gasteiger partial charge in [0.2, 0.25) is 0 Å². The SMILES string of the molecule is CC(C)NC(=O)C(=Cc1ccc(-c2ccc(Br)cc2)o1)N(C)C(=O)c1ccccc1. The van der Waals surface area contributed by atoms with E-state index in [2.05, 4.69) is 21.2 Å². The van der Waals surface area contributed by atoms with E-state index < -0.39 is 0 Å². The zero-order valence-electron chi connectivity index (χ0n) is 17.1. The molecule has 30 heavy (non-hydrogen) atoms. The van der Waals surface area contributed by atoms with Crippen LogP contribution in [0.1, 0.15) is 30.0 Å². The van der Waals surface area contributed by atoms with Gasteiger partial charge in [0.05, 0.1) is 0 Å². The summed E-state index contributed by atoms with van der Waals surface area (Å²) in [6.45, 7) is 3.74. The highest BCUT2D eigenvalue weighted by atomic mass is 79.9. The second-order valence-electron chi connectivity index (χ2n) is 7.10. The number of hydrogen-bond acceptors (Lipinski definition) is 3. The minimum atomic E-state index is -0.349. The monoisotopic (exact) mass is 466 g/mol. The van der Waals surface area contributed by atoms with Gasteiger partial charge in [-0.15, -0.1) is 0 Å². The Labute approximate surface area is 184 Å². The summed E-state index contributed by atoms with van der Waals surface area (Å²) >= 11 is 3.42. The summed E-state index contributed by atoms with van der Waals surface area (Å²) in [5.41, 5.74) is 1.62. The van der Waals surface area contributed by atoms with Gasteiger partial charge in [-0.1, -0.05) is 46.3 Å². The maximum atomic E-state index is 12.9. The maximum Gasteiger partial charge on any atom is 0.268 e. The van der Waals surface area contributed by atoms with Gasteiger partial charge in [-0.05, 0) is 50.2 Å². The molecule has 3 aromatic rings. The lowest BCUT2D eigenvalue weighted by atomic mass is 10.2. The summed E-state index contributed by atoms with van der Waals surface area (Å²) in [7, 11) is 1.58. The zero-order chi connectivity index (χ0) is 21.7. The molecule has 3 rings (SSSR count). The number of hydrogen-bond donors (Lipinski definition) is 1. The van der Waals surface area contributed by atoms with Crippen molar-refractivity contribution in [2.45, 2.75) is 19.9 Å². The van der Waals surface area contributed by atoms with Gasteiger partial charge in [0.25, 0.3) is 11.8 Å². The van der Waals surface area contributed by atoms with Gasteiger partial charge in [-0.25, -0.2) is 0 Å². The topological polar surface area (TPSA) is 62.6 Å². The average molecular weight is 467 g/mol. The van der Waals surface area contributed by atoms with Crippen molar-refractivity contribution in [3.8, 4) is 11.3 Å². The molecule has 0 saturated heterocycles. The highest BCUT2D eigenvalue weighted by molar-refractivity contribution is 9.10. The molecule has 1 heterocycles. The van der Waals surface area contributed by atoms with Crippen LogP contribution in [0.4, 0.5) is 0 Å². The van der Waals surface area contributed by atoms with E-state index in [4.69, 9.17) is 4.42 Å². The quantitative estimate of drug-likeness (QED) is 0.498. The Kier molecular flexibility index (Phi) is 6.90. The predicted molar refractivity (Wildman–Crippen MR) is 122 cm³/mol. The normalized spacial score (nSPS) is 11.4. The van der Waals surface area contributed by atoms with Gasteiger partial charge in [-0.2, -0.15) is 0 Å². The van der Waals surface area contributed by atoms with Gasteiger partial charge in [0.15, 0.2) is 0 Å². The summed E-state index contributed by atoms with van der Waals surface area (Å²) in [4.78, 5) is 27.1. The number of carbonyl (C=O) groups is 2. The molecule has 0 saturated carbocycles. The largest absolute Gasteiger partial charge is 0.457 e. The van der Waals surface area contributed by atoms with E-state index in [9.17, 15) is 9.59 Å². The van der Waals surface area contributed by atoms with Crippen molar-refractivity contribution in [1.29, 1.82) is 0 Å². The highest BCUT2D eigenvalue weighted by Gasteiger charge is 2.22. The summed E-state index contributed by atoms with van der Waals surface area (Å²) in [6, 6.07) is 20.1. The molecule has 0 aliphatic rings. The smallest absolute Gasteiger partial charge is 0.268 e. The molecule has 0 aliphatic heterocycles. The Morgan fingerprint density at radius 1 is 1.00 bits per heavy atom. The molecular weight excluding hydrogens is 444 g/mol. The molecule has 0 bridgehead atoms. The first-order chi connectivity index (χ1) is 14.3. The number of likely N-dealkylation sites (N-methyl/N-ethyl adjacent to an activating group) is 1. The fraction of sp³-hybridized carbons (Fsp3) is 0.167. The molecule has 5 nitrogen and oxygen atoms in total. The van der Waals surface area contributed by atoms with Gasteiger partial charge >= 0.3 is 0 Å². The lowest BCUT2D eigenvalue weighted by Crippen LogP contribution is -2.39. The van der Waals surface area contributed by atoms with Crippen LogP contribution in [0.3, 0.4) is 0 Å². The fourth-order valence-electron chi connectivity index (χ4n) is 2.87. The first-order valence-corrected chi connectivity index (χ1v) is 10.4. The predicted octanol–water partition coefficient (Wildman–Crippen LogP) is 5.35.